The number of hydrogen-bond acceptors (Lipinski definition) is 3. The molecule has 4 aromatic rings. The molecule has 0 N–H and O–H groups in total. The molecule has 0 aliphatic carbocycles. The van der Waals surface area contributed by atoms with Crippen LogP contribution in [0.5, 0.6) is 5.75 Å². The van der Waals surface area contributed by atoms with Gasteiger partial charge in [0.05, 0.1) is 17.2 Å². The van der Waals surface area contributed by atoms with Crippen molar-refractivity contribution in [3.8, 4) is 5.75 Å². The second kappa shape index (κ2) is 14.7. The van der Waals surface area contributed by atoms with Gasteiger partial charge in [0.15, 0.2) is 0 Å². The molecule has 0 aliphatic rings. The number of alkyl halides is 3. The standard InChI is InChI=1S/C36H37ClF3NO2/c1-35(2,26-42)23-27-12-9-18-31(22-27)43-21-11-20-41(24-30-17-10-19-33(34(30)37)36(38,39)40)25-32(28-13-5-3-6-14-28)29-15-7-4-8-16-29/h3-10,12-19,22,26,32H,11,20-21,23-25H2,1-2H3. The molecule has 4 aromatic carbocycles. The van der Waals surface area contributed by atoms with Gasteiger partial charge >= 0.3 is 6.18 Å². The van der Waals surface area contributed by atoms with Crippen LogP contribution in [0.25, 0.3) is 0 Å². The first kappa shape index (κ1) is 32.3. The highest BCUT2D eigenvalue weighted by molar-refractivity contribution is 6.32. The molecule has 7 heteroatoms. The zero-order valence-electron chi connectivity index (χ0n) is 24.5. The molecule has 3 nitrogen and oxygen atoms in total. The highest BCUT2D eigenvalue weighted by Gasteiger charge is 2.34. The molecule has 0 amide bonds. The van der Waals surface area contributed by atoms with E-state index in [4.69, 9.17) is 16.3 Å². The van der Waals surface area contributed by atoms with Gasteiger partial charge in [-0.15, -0.1) is 0 Å². The Morgan fingerprint density at radius 2 is 1.49 bits per heavy atom. The maximum absolute atomic E-state index is 13.6. The van der Waals surface area contributed by atoms with Gasteiger partial charge in [-0.1, -0.05) is 110 Å². The van der Waals surface area contributed by atoms with Crippen LogP contribution < -0.4 is 4.74 Å². The van der Waals surface area contributed by atoms with Gasteiger partial charge in [0.2, 0.25) is 0 Å². The number of halogens is 4. The topological polar surface area (TPSA) is 29.5 Å². The molecule has 0 saturated carbocycles. The Balaban J connectivity index is 1.53. The summed E-state index contributed by atoms with van der Waals surface area (Å²) in [6.07, 6.45) is -2.31. The summed E-state index contributed by atoms with van der Waals surface area (Å²) in [5.74, 6) is 0.726. The Hall–Kier alpha value is -3.61. The van der Waals surface area contributed by atoms with Crippen LogP contribution >= 0.6 is 11.6 Å². The highest BCUT2D eigenvalue weighted by atomic mass is 35.5. The summed E-state index contributed by atoms with van der Waals surface area (Å²) in [6, 6.07) is 32.1. The molecule has 0 atom stereocenters. The Morgan fingerprint density at radius 1 is 0.860 bits per heavy atom. The molecule has 43 heavy (non-hydrogen) atoms. The van der Waals surface area contributed by atoms with Crippen molar-refractivity contribution in [1.82, 2.24) is 4.90 Å². The van der Waals surface area contributed by atoms with E-state index in [9.17, 15) is 18.0 Å². The van der Waals surface area contributed by atoms with E-state index in [1.54, 1.807) is 6.07 Å². The summed E-state index contributed by atoms with van der Waals surface area (Å²) < 4.78 is 47.0. The number of carbonyl (C=O) groups excluding carboxylic acids is 1. The van der Waals surface area contributed by atoms with Crippen LogP contribution in [0, 0.1) is 5.41 Å². The fourth-order valence-electron chi connectivity index (χ4n) is 5.22. The first-order valence-electron chi connectivity index (χ1n) is 14.4. The molecular formula is C36H37ClF3NO2. The van der Waals surface area contributed by atoms with Crippen LogP contribution in [-0.2, 0) is 23.9 Å². The molecule has 0 aliphatic heterocycles. The number of aldehydes is 1. The number of rotatable bonds is 14. The summed E-state index contributed by atoms with van der Waals surface area (Å²) in [6.45, 7) is 5.65. The van der Waals surface area contributed by atoms with Crippen molar-refractivity contribution in [3.05, 3.63) is 136 Å². The summed E-state index contributed by atoms with van der Waals surface area (Å²) in [5, 5.41) is -0.262. The van der Waals surface area contributed by atoms with Crippen molar-refractivity contribution >= 4 is 17.9 Å². The van der Waals surface area contributed by atoms with Gasteiger partial charge in [0, 0.05) is 31.0 Å². The fourth-order valence-corrected chi connectivity index (χ4v) is 5.51. The lowest BCUT2D eigenvalue weighted by Gasteiger charge is -2.29. The van der Waals surface area contributed by atoms with E-state index in [0.29, 0.717) is 38.1 Å². The molecule has 0 spiro atoms. The Labute approximate surface area is 257 Å². The van der Waals surface area contributed by atoms with Crippen LogP contribution in [-0.4, -0.2) is 30.9 Å². The molecule has 0 radical (unpaired) electrons. The van der Waals surface area contributed by atoms with Crippen LogP contribution in [0.4, 0.5) is 13.2 Å². The van der Waals surface area contributed by atoms with Crippen molar-refractivity contribution < 1.29 is 22.7 Å². The Morgan fingerprint density at radius 3 is 2.09 bits per heavy atom. The molecule has 0 bridgehead atoms. The van der Waals surface area contributed by atoms with E-state index in [2.05, 4.69) is 29.2 Å². The van der Waals surface area contributed by atoms with Crippen LogP contribution in [0.3, 0.4) is 0 Å². The molecular weight excluding hydrogens is 571 g/mol. The molecule has 0 fully saturated rings. The third-order valence-corrected chi connectivity index (χ3v) is 7.83. The first-order valence-corrected chi connectivity index (χ1v) is 14.8. The van der Waals surface area contributed by atoms with E-state index in [1.807, 2.05) is 74.5 Å². The van der Waals surface area contributed by atoms with Gasteiger partial charge in [0.1, 0.15) is 12.0 Å². The average molecular weight is 608 g/mol. The second-order valence-corrected chi connectivity index (χ2v) is 11.9. The highest BCUT2D eigenvalue weighted by Crippen LogP contribution is 2.37. The van der Waals surface area contributed by atoms with Crippen LogP contribution in [0.15, 0.2) is 103 Å². The van der Waals surface area contributed by atoms with E-state index >= 15 is 0 Å². The third kappa shape index (κ3) is 9.44. The number of ether oxygens (including phenoxy) is 1. The van der Waals surface area contributed by atoms with Crippen LogP contribution in [0.1, 0.15) is 54.0 Å². The van der Waals surface area contributed by atoms with Gasteiger partial charge < -0.3 is 9.53 Å². The van der Waals surface area contributed by atoms with Gasteiger partial charge in [-0.25, -0.2) is 0 Å². The molecule has 226 valence electrons. The Kier molecular flexibility index (Phi) is 11.1. The van der Waals surface area contributed by atoms with Gasteiger partial charge in [-0.2, -0.15) is 13.2 Å². The van der Waals surface area contributed by atoms with Gasteiger partial charge in [-0.05, 0) is 53.3 Å². The predicted octanol–water partition coefficient (Wildman–Crippen LogP) is 9.23. The second-order valence-electron chi connectivity index (χ2n) is 11.5. The minimum absolute atomic E-state index is 0.00532. The van der Waals surface area contributed by atoms with E-state index in [-0.39, 0.29) is 17.5 Å². The number of carbonyl (C=O) groups is 1. The zero-order chi connectivity index (χ0) is 30.9. The molecule has 0 unspecified atom stereocenters. The minimum atomic E-state index is -4.53. The third-order valence-electron chi connectivity index (χ3n) is 7.39. The predicted molar refractivity (Wildman–Crippen MR) is 167 cm³/mol. The molecule has 0 aromatic heterocycles. The largest absolute Gasteiger partial charge is 0.494 e. The SMILES string of the molecule is CC(C)(C=O)Cc1cccc(OCCCN(Cc2cccc(C(F)(F)F)c2Cl)CC(c2ccccc2)c2ccccc2)c1. The van der Waals surface area contributed by atoms with Crippen molar-refractivity contribution in [2.45, 2.75) is 45.3 Å². The van der Waals surface area contributed by atoms with Crippen molar-refractivity contribution in [2.24, 2.45) is 5.41 Å². The molecule has 0 heterocycles. The lowest BCUT2D eigenvalue weighted by atomic mass is 9.87. The van der Waals surface area contributed by atoms with Crippen molar-refractivity contribution in [1.29, 1.82) is 0 Å². The lowest BCUT2D eigenvalue weighted by Crippen LogP contribution is -2.31. The van der Waals surface area contributed by atoms with E-state index < -0.39 is 17.2 Å². The molecule has 0 saturated heterocycles. The lowest BCUT2D eigenvalue weighted by molar-refractivity contribution is -0.137. The Bertz CT molecular complexity index is 1420. The molecule has 4 rings (SSSR count). The zero-order valence-corrected chi connectivity index (χ0v) is 25.2. The number of benzene rings is 4. The summed E-state index contributed by atoms with van der Waals surface area (Å²) in [5.41, 5.74) is 2.42. The van der Waals surface area contributed by atoms with E-state index in [1.165, 1.54) is 6.07 Å². The van der Waals surface area contributed by atoms with Crippen LogP contribution in [0.2, 0.25) is 5.02 Å². The summed E-state index contributed by atoms with van der Waals surface area (Å²) in [7, 11) is 0. The summed E-state index contributed by atoms with van der Waals surface area (Å²) >= 11 is 6.33. The maximum Gasteiger partial charge on any atom is 0.417 e. The normalized spacial score (nSPS) is 12.1. The van der Waals surface area contributed by atoms with Crippen molar-refractivity contribution in [2.75, 3.05) is 19.7 Å². The maximum atomic E-state index is 13.6. The number of nitrogens with zero attached hydrogens (tertiary/aromatic N) is 1. The van der Waals surface area contributed by atoms with E-state index in [0.717, 1.165) is 34.8 Å². The average Bonchev–Trinajstić information content (AvgIpc) is 2.99. The van der Waals surface area contributed by atoms with Crippen molar-refractivity contribution in [3.63, 3.8) is 0 Å². The monoisotopic (exact) mass is 607 g/mol. The number of hydrogen-bond donors (Lipinski definition) is 0. The van der Waals surface area contributed by atoms with Gasteiger partial charge in [-0.3, -0.25) is 4.90 Å². The van der Waals surface area contributed by atoms with Gasteiger partial charge in [0.25, 0.3) is 0 Å². The minimum Gasteiger partial charge on any atom is -0.494 e. The summed E-state index contributed by atoms with van der Waals surface area (Å²) in [4.78, 5) is 13.5. The first-order chi connectivity index (χ1) is 20.6. The smallest absolute Gasteiger partial charge is 0.417 e. The fraction of sp³-hybridized carbons (Fsp3) is 0.306. The quantitative estimate of drug-likeness (QED) is 0.106.